The summed E-state index contributed by atoms with van der Waals surface area (Å²) < 4.78 is 61.9. The number of rotatable bonds is 4. The molecule has 1 aliphatic heterocycles. The molecule has 2 aromatic rings. The second-order valence-corrected chi connectivity index (χ2v) is 10.7. The molecule has 1 fully saturated rings. The van der Waals surface area contributed by atoms with E-state index in [1.165, 1.54) is 40.1 Å². The average molecular weight is 536 g/mol. The number of halogens is 5. The number of carbonyl (C=O) groups is 1. The molecule has 0 aliphatic carbocycles. The van der Waals surface area contributed by atoms with Gasteiger partial charge in [-0.1, -0.05) is 29.3 Å². The normalized spacial score (nSPS) is 16.3. The maximum Gasteiger partial charge on any atom is 0.497 e. The van der Waals surface area contributed by atoms with Crippen LogP contribution < -0.4 is 9.80 Å². The first-order chi connectivity index (χ1) is 15.1. The molecule has 0 spiro atoms. The van der Waals surface area contributed by atoms with Crippen LogP contribution in [0.25, 0.3) is 4.85 Å². The van der Waals surface area contributed by atoms with Crippen molar-refractivity contribution in [3.8, 4) is 0 Å². The first kappa shape index (κ1) is 25.2. The molecule has 6 nitrogen and oxygen atoms in total. The highest BCUT2D eigenvalue weighted by Crippen LogP contribution is 2.40. The monoisotopic (exact) mass is 535 g/mol. The zero-order chi connectivity index (χ0) is 24.9. The Labute approximate surface area is 203 Å². The number of amides is 1. The maximum absolute atomic E-state index is 13.2. The van der Waals surface area contributed by atoms with Crippen molar-refractivity contribution in [2.45, 2.75) is 30.6 Å². The lowest BCUT2D eigenvalue weighted by molar-refractivity contribution is -0.120. The van der Waals surface area contributed by atoms with Crippen molar-refractivity contribution in [2.24, 2.45) is 0 Å². The zero-order valence-electron chi connectivity index (χ0n) is 16.9. The third kappa shape index (κ3) is 4.40. The summed E-state index contributed by atoms with van der Waals surface area (Å²) >= 11 is 17.6. The highest BCUT2D eigenvalue weighted by molar-refractivity contribution is 7.91. The van der Waals surface area contributed by atoms with Crippen molar-refractivity contribution in [3.05, 3.63) is 63.4 Å². The topological polar surface area (TPSA) is 62.1 Å². The average Bonchev–Trinajstić information content (AvgIpc) is 2.87. The van der Waals surface area contributed by atoms with Crippen molar-refractivity contribution in [1.29, 1.82) is 0 Å². The van der Waals surface area contributed by atoms with Gasteiger partial charge in [-0.2, -0.15) is 13.2 Å². The Bertz CT molecular complexity index is 1320. The fourth-order valence-electron chi connectivity index (χ4n) is 3.28. The number of hydrogen-bond acceptors (Lipinski definition) is 4. The smallest absolute Gasteiger partial charge is 0.304 e. The van der Waals surface area contributed by atoms with E-state index in [1.807, 2.05) is 0 Å². The molecule has 0 unspecified atom stereocenters. The van der Waals surface area contributed by atoms with Gasteiger partial charge in [-0.25, -0.2) is 13.3 Å². The van der Waals surface area contributed by atoms with Gasteiger partial charge in [-0.3, -0.25) is 9.69 Å². The molecular formula is C20H14Cl2F3N3O3S2. The van der Waals surface area contributed by atoms with Crippen molar-refractivity contribution >= 4 is 73.3 Å². The van der Waals surface area contributed by atoms with Gasteiger partial charge in [0.2, 0.25) is 5.69 Å². The van der Waals surface area contributed by atoms with Gasteiger partial charge in [0, 0.05) is 15.7 Å². The van der Waals surface area contributed by atoms with E-state index < -0.39 is 32.5 Å². The van der Waals surface area contributed by atoms with Crippen LogP contribution in [0.1, 0.15) is 19.4 Å². The largest absolute Gasteiger partial charge is 0.497 e. The molecule has 0 bridgehead atoms. The maximum atomic E-state index is 13.2. The van der Waals surface area contributed by atoms with E-state index in [4.69, 9.17) is 42.0 Å². The van der Waals surface area contributed by atoms with Gasteiger partial charge in [0.15, 0.2) is 5.11 Å². The van der Waals surface area contributed by atoms with Gasteiger partial charge < -0.3 is 4.90 Å². The molecule has 0 radical (unpaired) electrons. The van der Waals surface area contributed by atoms with E-state index in [9.17, 15) is 26.4 Å². The second kappa shape index (κ2) is 8.43. The fraction of sp³-hybridized carbons (Fsp3) is 0.250. The lowest BCUT2D eigenvalue weighted by Gasteiger charge is -2.30. The van der Waals surface area contributed by atoms with Crippen LogP contribution in [-0.4, -0.2) is 30.5 Å². The van der Waals surface area contributed by atoms with Gasteiger partial charge in [0.1, 0.15) is 5.54 Å². The Morgan fingerprint density at radius 1 is 1.09 bits per heavy atom. The third-order valence-electron chi connectivity index (χ3n) is 4.96. The van der Waals surface area contributed by atoms with Crippen LogP contribution in [0.5, 0.6) is 0 Å². The fourth-order valence-corrected chi connectivity index (χ4v) is 5.09. The van der Waals surface area contributed by atoms with Gasteiger partial charge in [0.25, 0.3) is 15.7 Å². The SMILES string of the molecule is [C-]#[N+]c1ccc(N2C(=O)C(C)(C)N(c3ccc(Cl)c(CS(=O)(=O)C(F)(F)F)c3)C2=S)cc1Cl. The summed E-state index contributed by atoms with van der Waals surface area (Å²) in [4.78, 5) is 19.1. The van der Waals surface area contributed by atoms with Crippen LogP contribution in [0, 0.1) is 6.57 Å². The molecule has 0 N–H and O–H groups in total. The molecule has 13 heteroatoms. The number of anilines is 2. The van der Waals surface area contributed by atoms with Crippen LogP contribution in [0.4, 0.5) is 30.2 Å². The number of thiocarbonyl (C=S) groups is 1. The van der Waals surface area contributed by atoms with E-state index in [0.29, 0.717) is 5.69 Å². The van der Waals surface area contributed by atoms with Gasteiger partial charge in [0.05, 0.1) is 18.0 Å². The summed E-state index contributed by atoms with van der Waals surface area (Å²) in [5.74, 6) is -1.83. The molecule has 33 heavy (non-hydrogen) atoms. The first-order valence-corrected chi connectivity index (χ1v) is 11.9. The number of sulfone groups is 1. The molecule has 1 aliphatic rings. The summed E-state index contributed by atoms with van der Waals surface area (Å²) in [7, 11) is -5.48. The van der Waals surface area contributed by atoms with E-state index in [0.717, 1.165) is 6.07 Å². The quantitative estimate of drug-likeness (QED) is 0.360. The van der Waals surface area contributed by atoms with Crippen LogP contribution in [0.15, 0.2) is 36.4 Å². The molecule has 1 heterocycles. The summed E-state index contributed by atoms with van der Waals surface area (Å²) in [5.41, 5.74) is -6.36. The number of alkyl halides is 3. The third-order valence-corrected chi connectivity index (χ3v) is 7.40. The minimum atomic E-state index is -5.48. The van der Waals surface area contributed by atoms with Crippen LogP contribution in [-0.2, 0) is 20.4 Å². The first-order valence-electron chi connectivity index (χ1n) is 9.05. The molecule has 0 aromatic heterocycles. The Kier molecular flexibility index (Phi) is 6.45. The van der Waals surface area contributed by atoms with Crippen LogP contribution >= 0.6 is 35.4 Å². The number of nitrogens with zero attached hydrogens (tertiary/aromatic N) is 3. The zero-order valence-corrected chi connectivity index (χ0v) is 20.1. The number of hydrogen-bond donors (Lipinski definition) is 0. The summed E-state index contributed by atoms with van der Waals surface area (Å²) in [6.45, 7) is 10.2. The molecule has 1 saturated heterocycles. The van der Waals surface area contributed by atoms with Gasteiger partial charge in [-0.05, 0) is 62.0 Å². The minimum Gasteiger partial charge on any atom is -0.304 e. The Hall–Kier alpha value is -2.39. The Morgan fingerprint density at radius 2 is 1.70 bits per heavy atom. The van der Waals surface area contributed by atoms with E-state index in [2.05, 4.69) is 4.85 Å². The molecule has 2 aromatic carbocycles. The predicted molar refractivity (Wildman–Crippen MR) is 124 cm³/mol. The highest BCUT2D eigenvalue weighted by atomic mass is 35.5. The molecule has 0 atom stereocenters. The molecule has 174 valence electrons. The lowest BCUT2D eigenvalue weighted by atomic mass is 10.0. The van der Waals surface area contributed by atoms with Crippen molar-refractivity contribution < 1.29 is 26.4 Å². The van der Waals surface area contributed by atoms with Crippen LogP contribution in [0.2, 0.25) is 10.0 Å². The van der Waals surface area contributed by atoms with Crippen LogP contribution in [0.3, 0.4) is 0 Å². The molecule has 1 amide bonds. The Morgan fingerprint density at radius 3 is 2.24 bits per heavy atom. The van der Waals surface area contributed by atoms with Crippen molar-refractivity contribution in [1.82, 2.24) is 0 Å². The standard InChI is InChI=1S/C20H14Cl2F3N3O3S2/c1-19(2)17(29)27(12-5-7-16(26-3)15(22)9-12)18(32)28(19)13-4-6-14(21)11(8-13)10-33(30,31)20(23,24)25/h4-9H,10H2,1-2H3. The Balaban J connectivity index is 2.06. The predicted octanol–water partition coefficient (Wildman–Crippen LogP) is 5.90. The summed E-state index contributed by atoms with van der Waals surface area (Å²) in [6.07, 6.45) is 0. The van der Waals surface area contributed by atoms with Crippen molar-refractivity contribution in [3.63, 3.8) is 0 Å². The van der Waals surface area contributed by atoms with E-state index in [1.54, 1.807) is 13.8 Å². The van der Waals surface area contributed by atoms with Crippen molar-refractivity contribution in [2.75, 3.05) is 9.80 Å². The molecule has 0 saturated carbocycles. The lowest BCUT2D eigenvalue weighted by Crippen LogP contribution is -2.44. The minimum absolute atomic E-state index is 0.0106. The molecular weight excluding hydrogens is 522 g/mol. The van der Waals surface area contributed by atoms with Gasteiger partial charge in [-0.15, -0.1) is 0 Å². The summed E-state index contributed by atoms with van der Waals surface area (Å²) in [6, 6.07) is 8.15. The molecule has 3 rings (SSSR count). The number of carbonyl (C=O) groups excluding carboxylic acids is 1. The van der Waals surface area contributed by atoms with E-state index >= 15 is 0 Å². The highest BCUT2D eigenvalue weighted by Gasteiger charge is 2.51. The number of benzene rings is 2. The van der Waals surface area contributed by atoms with E-state index in [-0.39, 0.29) is 32.1 Å². The summed E-state index contributed by atoms with van der Waals surface area (Å²) in [5, 5.41) is -0.0803. The van der Waals surface area contributed by atoms with Gasteiger partial charge >= 0.3 is 5.51 Å². The second-order valence-electron chi connectivity index (χ2n) is 7.55.